The Hall–Kier alpha value is -3.29. The lowest BCUT2D eigenvalue weighted by atomic mass is 10.0. The quantitative estimate of drug-likeness (QED) is 0.692. The fraction of sp³-hybridized carbons (Fsp3) is 0.381. The van der Waals surface area contributed by atoms with E-state index in [1.54, 1.807) is 12.4 Å². The summed E-state index contributed by atoms with van der Waals surface area (Å²) in [6, 6.07) is 9.74. The Bertz CT molecular complexity index is 984. The molecule has 29 heavy (non-hydrogen) atoms. The number of nitrogens with zero attached hydrogens (tertiary/aromatic N) is 6. The van der Waals surface area contributed by atoms with E-state index in [0.717, 1.165) is 41.6 Å². The molecule has 0 saturated carbocycles. The van der Waals surface area contributed by atoms with E-state index in [-0.39, 0.29) is 18.4 Å². The summed E-state index contributed by atoms with van der Waals surface area (Å²) in [4.78, 5) is 17.9. The molecule has 1 aliphatic rings. The largest absolute Gasteiger partial charge is 0.370 e. The number of aryl methyl sites for hydroxylation is 1. The number of rotatable bonds is 6. The third kappa shape index (κ3) is 4.11. The van der Waals surface area contributed by atoms with E-state index < -0.39 is 0 Å². The van der Waals surface area contributed by atoms with E-state index >= 15 is 0 Å². The van der Waals surface area contributed by atoms with E-state index in [0.29, 0.717) is 12.3 Å². The van der Waals surface area contributed by atoms with E-state index in [1.807, 2.05) is 35.9 Å². The number of hydrogen-bond donors (Lipinski definition) is 1. The van der Waals surface area contributed by atoms with Crippen LogP contribution in [0.4, 0.5) is 5.82 Å². The summed E-state index contributed by atoms with van der Waals surface area (Å²) in [6.45, 7) is 5.94. The summed E-state index contributed by atoms with van der Waals surface area (Å²) in [7, 11) is 0. The van der Waals surface area contributed by atoms with Crippen molar-refractivity contribution < 1.29 is 4.79 Å². The molecular weight excluding hydrogens is 366 g/mol. The second-order valence-electron chi connectivity index (χ2n) is 7.69. The summed E-state index contributed by atoms with van der Waals surface area (Å²) in [5.74, 6) is 1.17. The van der Waals surface area contributed by atoms with Gasteiger partial charge < -0.3 is 10.6 Å². The standard InChI is InChI=1S/C21H25N7O/c1-14-12-27(21-10-15(2)26-28(21)13-14)19(7-8-20(22)29)18-6-5-17(24-25-18)16-4-3-9-23-11-16/h3-6,9-11,14,19H,7-8,12-13H2,1-2H3,(H2,22,29). The molecule has 0 bridgehead atoms. The monoisotopic (exact) mass is 391 g/mol. The number of pyridine rings is 1. The molecule has 0 aromatic carbocycles. The number of carbonyl (C=O) groups excluding carboxylic acids is 1. The highest BCUT2D eigenvalue weighted by Crippen LogP contribution is 2.34. The number of carbonyl (C=O) groups is 1. The van der Waals surface area contributed by atoms with Gasteiger partial charge in [0.1, 0.15) is 5.82 Å². The SMILES string of the molecule is Cc1cc2n(n1)CC(C)CN2C(CCC(N)=O)c1ccc(-c2cccnc2)nn1. The van der Waals surface area contributed by atoms with Gasteiger partial charge in [-0.1, -0.05) is 6.92 Å². The maximum Gasteiger partial charge on any atom is 0.217 e. The molecule has 8 heteroatoms. The molecule has 0 spiro atoms. The zero-order valence-corrected chi connectivity index (χ0v) is 16.7. The zero-order chi connectivity index (χ0) is 20.4. The predicted molar refractivity (Wildman–Crippen MR) is 110 cm³/mol. The number of hydrogen-bond acceptors (Lipinski definition) is 6. The maximum atomic E-state index is 11.5. The Labute approximate surface area is 169 Å². The lowest BCUT2D eigenvalue weighted by Gasteiger charge is -2.38. The van der Waals surface area contributed by atoms with Crippen LogP contribution in [0.2, 0.25) is 0 Å². The Morgan fingerprint density at radius 3 is 2.83 bits per heavy atom. The lowest BCUT2D eigenvalue weighted by molar-refractivity contribution is -0.118. The van der Waals surface area contributed by atoms with Gasteiger partial charge in [-0.15, -0.1) is 0 Å². The number of anilines is 1. The highest BCUT2D eigenvalue weighted by molar-refractivity contribution is 5.73. The molecule has 0 fully saturated rings. The lowest BCUT2D eigenvalue weighted by Crippen LogP contribution is -2.40. The van der Waals surface area contributed by atoms with Gasteiger partial charge in [0.2, 0.25) is 5.91 Å². The smallest absolute Gasteiger partial charge is 0.217 e. The first-order valence-electron chi connectivity index (χ1n) is 9.84. The van der Waals surface area contributed by atoms with Crippen molar-refractivity contribution in [1.82, 2.24) is 25.0 Å². The summed E-state index contributed by atoms with van der Waals surface area (Å²) < 4.78 is 2.04. The van der Waals surface area contributed by atoms with Crippen LogP contribution in [0.25, 0.3) is 11.3 Å². The first-order chi connectivity index (χ1) is 14.0. The van der Waals surface area contributed by atoms with Crippen molar-refractivity contribution in [2.45, 2.75) is 39.3 Å². The van der Waals surface area contributed by atoms with Gasteiger partial charge in [-0.3, -0.25) is 9.78 Å². The van der Waals surface area contributed by atoms with Crippen molar-refractivity contribution in [3.63, 3.8) is 0 Å². The van der Waals surface area contributed by atoms with Crippen LogP contribution >= 0.6 is 0 Å². The van der Waals surface area contributed by atoms with Gasteiger partial charge >= 0.3 is 0 Å². The number of primary amides is 1. The first kappa shape index (κ1) is 19.0. The molecule has 2 atom stereocenters. The predicted octanol–water partition coefficient (Wildman–Crippen LogP) is 2.51. The van der Waals surface area contributed by atoms with Crippen LogP contribution in [0.15, 0.2) is 42.7 Å². The molecular formula is C21H25N7O. The Balaban J connectivity index is 1.68. The molecule has 3 aromatic heterocycles. The molecule has 0 radical (unpaired) electrons. The topological polar surface area (TPSA) is 103 Å². The van der Waals surface area contributed by atoms with Gasteiger partial charge in [0.25, 0.3) is 0 Å². The highest BCUT2D eigenvalue weighted by Gasteiger charge is 2.31. The minimum Gasteiger partial charge on any atom is -0.370 e. The van der Waals surface area contributed by atoms with Crippen LogP contribution in [0.3, 0.4) is 0 Å². The van der Waals surface area contributed by atoms with Gasteiger partial charge in [0, 0.05) is 43.5 Å². The number of nitrogens with two attached hydrogens (primary N) is 1. The fourth-order valence-corrected chi connectivity index (χ4v) is 3.90. The molecule has 4 heterocycles. The number of amides is 1. The van der Waals surface area contributed by atoms with Gasteiger partial charge in [0.05, 0.1) is 23.1 Å². The zero-order valence-electron chi connectivity index (χ0n) is 16.7. The highest BCUT2D eigenvalue weighted by atomic mass is 16.1. The van der Waals surface area contributed by atoms with Crippen molar-refractivity contribution >= 4 is 11.7 Å². The minimum absolute atomic E-state index is 0.101. The third-order valence-corrected chi connectivity index (χ3v) is 5.19. The van der Waals surface area contributed by atoms with Crippen molar-refractivity contribution in [2.24, 2.45) is 11.7 Å². The normalized spacial score (nSPS) is 17.0. The summed E-state index contributed by atoms with van der Waals surface area (Å²) in [6.07, 6.45) is 4.36. The van der Waals surface area contributed by atoms with Crippen molar-refractivity contribution in [3.8, 4) is 11.3 Å². The number of fused-ring (bicyclic) bond motifs is 1. The second-order valence-corrected chi connectivity index (χ2v) is 7.69. The molecule has 3 aromatic rings. The molecule has 1 amide bonds. The Kier molecular flexibility index (Phi) is 5.24. The van der Waals surface area contributed by atoms with Gasteiger partial charge in [0.15, 0.2) is 0 Å². The van der Waals surface area contributed by atoms with Crippen molar-refractivity contribution in [3.05, 3.63) is 54.1 Å². The van der Waals surface area contributed by atoms with Crippen LogP contribution < -0.4 is 10.6 Å². The van der Waals surface area contributed by atoms with Gasteiger partial charge in [-0.05, 0) is 43.5 Å². The summed E-state index contributed by atoms with van der Waals surface area (Å²) >= 11 is 0. The molecule has 2 N–H and O–H groups in total. The molecule has 0 aliphatic carbocycles. The molecule has 4 rings (SSSR count). The number of aromatic nitrogens is 5. The maximum absolute atomic E-state index is 11.5. The molecule has 1 aliphatic heterocycles. The van der Waals surface area contributed by atoms with E-state index in [2.05, 4.69) is 38.2 Å². The average molecular weight is 391 g/mol. The summed E-state index contributed by atoms with van der Waals surface area (Å²) in [5, 5.41) is 13.5. The Morgan fingerprint density at radius 2 is 2.14 bits per heavy atom. The summed E-state index contributed by atoms with van der Waals surface area (Å²) in [5.41, 5.74) is 8.94. The minimum atomic E-state index is -0.315. The van der Waals surface area contributed by atoms with Crippen molar-refractivity contribution in [1.29, 1.82) is 0 Å². The van der Waals surface area contributed by atoms with Crippen LogP contribution in [-0.4, -0.2) is 37.4 Å². The van der Waals surface area contributed by atoms with Crippen LogP contribution in [0, 0.1) is 12.8 Å². The Morgan fingerprint density at radius 1 is 1.28 bits per heavy atom. The van der Waals surface area contributed by atoms with E-state index in [4.69, 9.17) is 5.73 Å². The van der Waals surface area contributed by atoms with Crippen molar-refractivity contribution in [2.75, 3.05) is 11.4 Å². The van der Waals surface area contributed by atoms with Gasteiger partial charge in [-0.2, -0.15) is 15.3 Å². The first-order valence-corrected chi connectivity index (χ1v) is 9.84. The molecule has 2 unspecified atom stereocenters. The fourth-order valence-electron chi connectivity index (χ4n) is 3.90. The van der Waals surface area contributed by atoms with E-state index in [1.165, 1.54) is 0 Å². The average Bonchev–Trinajstić information content (AvgIpc) is 3.09. The third-order valence-electron chi connectivity index (χ3n) is 5.19. The molecule has 8 nitrogen and oxygen atoms in total. The van der Waals surface area contributed by atoms with Gasteiger partial charge in [-0.25, -0.2) is 4.68 Å². The van der Waals surface area contributed by atoms with Crippen LogP contribution in [-0.2, 0) is 11.3 Å². The van der Waals surface area contributed by atoms with Crippen LogP contribution in [0.5, 0.6) is 0 Å². The molecule has 150 valence electrons. The van der Waals surface area contributed by atoms with E-state index in [9.17, 15) is 4.79 Å². The second kappa shape index (κ2) is 7.98. The molecule has 0 saturated heterocycles. The van der Waals surface area contributed by atoms with Crippen LogP contribution in [0.1, 0.15) is 37.2 Å².